The average molecular weight is 343 g/mol. The number of nitrogens with zero attached hydrogens (tertiary/aromatic N) is 2. The van der Waals surface area contributed by atoms with E-state index in [0.29, 0.717) is 0 Å². The minimum Gasteiger partial charge on any atom is -0.496 e. The largest absolute Gasteiger partial charge is 0.496 e. The Bertz CT molecular complexity index is 434. The first-order valence-corrected chi connectivity index (χ1v) is 7.89. The van der Waals surface area contributed by atoms with Crippen LogP contribution >= 0.6 is 15.9 Å². The maximum Gasteiger partial charge on any atom is 0.123 e. The van der Waals surface area contributed by atoms with Gasteiger partial charge in [0, 0.05) is 36.2 Å². The van der Waals surface area contributed by atoms with E-state index in [2.05, 4.69) is 32.7 Å². The van der Waals surface area contributed by atoms with Crippen LogP contribution in [0.4, 0.5) is 0 Å². The van der Waals surface area contributed by atoms with Gasteiger partial charge in [-0.05, 0) is 24.7 Å². The second kappa shape index (κ2) is 7.41. The van der Waals surface area contributed by atoms with E-state index in [-0.39, 0.29) is 12.6 Å². The van der Waals surface area contributed by atoms with Gasteiger partial charge in [-0.1, -0.05) is 22.9 Å². The third kappa shape index (κ3) is 3.52. The van der Waals surface area contributed by atoms with Crippen LogP contribution in [0, 0.1) is 0 Å². The molecule has 1 unspecified atom stereocenters. The molecule has 1 fully saturated rings. The molecule has 1 aliphatic heterocycles. The first-order chi connectivity index (χ1) is 9.69. The van der Waals surface area contributed by atoms with Crippen molar-refractivity contribution in [2.24, 2.45) is 0 Å². The Labute approximate surface area is 129 Å². The smallest absolute Gasteiger partial charge is 0.123 e. The fraction of sp³-hybridized carbons (Fsp3) is 0.600. The lowest BCUT2D eigenvalue weighted by molar-refractivity contribution is 0.0660. The van der Waals surface area contributed by atoms with Gasteiger partial charge < -0.3 is 14.7 Å². The van der Waals surface area contributed by atoms with Gasteiger partial charge in [-0.25, -0.2) is 0 Å². The van der Waals surface area contributed by atoms with Crippen LogP contribution in [0.5, 0.6) is 5.75 Å². The van der Waals surface area contributed by atoms with Crippen LogP contribution in [0.1, 0.15) is 18.5 Å². The summed E-state index contributed by atoms with van der Waals surface area (Å²) in [4.78, 5) is 4.78. The lowest BCUT2D eigenvalue weighted by Crippen LogP contribution is -2.48. The summed E-state index contributed by atoms with van der Waals surface area (Å²) in [5.41, 5.74) is 1.05. The van der Waals surface area contributed by atoms with E-state index in [1.807, 2.05) is 18.2 Å². The van der Waals surface area contributed by atoms with Crippen LogP contribution in [0.3, 0.4) is 0 Å². The van der Waals surface area contributed by atoms with Gasteiger partial charge in [0.25, 0.3) is 0 Å². The zero-order valence-corrected chi connectivity index (χ0v) is 13.8. The van der Waals surface area contributed by atoms with E-state index in [4.69, 9.17) is 4.74 Å². The highest BCUT2D eigenvalue weighted by atomic mass is 79.9. The van der Waals surface area contributed by atoms with Gasteiger partial charge in [0.1, 0.15) is 5.75 Å². The second-order valence-electron chi connectivity index (χ2n) is 5.05. The minimum atomic E-state index is 0.00135. The number of methoxy groups -OCH3 is 1. The molecule has 1 aromatic carbocycles. The number of rotatable bonds is 5. The van der Waals surface area contributed by atoms with E-state index in [0.717, 1.165) is 48.5 Å². The first kappa shape index (κ1) is 15.8. The van der Waals surface area contributed by atoms with Crippen molar-refractivity contribution in [1.82, 2.24) is 9.80 Å². The maximum absolute atomic E-state index is 9.84. The molecular weight excluding hydrogens is 320 g/mol. The summed E-state index contributed by atoms with van der Waals surface area (Å²) in [5, 5.41) is 9.84. The number of likely N-dealkylation sites (N-methyl/N-ethyl adjacent to an activating group) is 1. The molecule has 0 aromatic heterocycles. The zero-order chi connectivity index (χ0) is 14.5. The van der Waals surface area contributed by atoms with E-state index in [1.54, 1.807) is 7.11 Å². The summed E-state index contributed by atoms with van der Waals surface area (Å²) in [5.74, 6) is 0.838. The fourth-order valence-electron chi connectivity index (χ4n) is 2.77. The van der Waals surface area contributed by atoms with Crippen molar-refractivity contribution >= 4 is 15.9 Å². The Hall–Kier alpha value is -0.620. The monoisotopic (exact) mass is 342 g/mol. The van der Waals surface area contributed by atoms with Gasteiger partial charge in [0.2, 0.25) is 0 Å². The number of halogens is 1. The highest BCUT2D eigenvalue weighted by Gasteiger charge is 2.26. The van der Waals surface area contributed by atoms with Crippen molar-refractivity contribution in [3.05, 3.63) is 28.2 Å². The third-order valence-corrected chi connectivity index (χ3v) is 4.51. The molecule has 0 spiro atoms. The van der Waals surface area contributed by atoms with Crippen LogP contribution in [0.15, 0.2) is 22.7 Å². The lowest BCUT2D eigenvalue weighted by atomic mass is 10.0. The van der Waals surface area contributed by atoms with Gasteiger partial charge >= 0.3 is 0 Å². The van der Waals surface area contributed by atoms with Crippen molar-refractivity contribution < 1.29 is 9.84 Å². The molecule has 1 aromatic rings. The number of benzene rings is 1. The SMILES string of the molecule is CCN1CCN(C(CO)c2cc(Br)ccc2OC)CC1. The molecule has 20 heavy (non-hydrogen) atoms. The summed E-state index contributed by atoms with van der Waals surface area (Å²) in [6.45, 7) is 7.48. The predicted octanol–water partition coefficient (Wildman–Crippen LogP) is 2.13. The summed E-state index contributed by atoms with van der Waals surface area (Å²) < 4.78 is 6.46. The first-order valence-electron chi connectivity index (χ1n) is 7.10. The molecule has 1 atom stereocenters. The minimum absolute atomic E-state index is 0.00135. The highest BCUT2D eigenvalue weighted by Crippen LogP contribution is 2.32. The van der Waals surface area contributed by atoms with Gasteiger partial charge in [0.15, 0.2) is 0 Å². The van der Waals surface area contributed by atoms with Crippen molar-refractivity contribution in [3.8, 4) is 5.75 Å². The number of aliphatic hydroxyl groups is 1. The average Bonchev–Trinajstić information content (AvgIpc) is 2.49. The molecule has 2 rings (SSSR count). The Morgan fingerprint density at radius 3 is 2.55 bits per heavy atom. The van der Waals surface area contributed by atoms with Crippen LogP contribution in [0.2, 0.25) is 0 Å². The van der Waals surface area contributed by atoms with Crippen LogP contribution in [0.25, 0.3) is 0 Å². The molecule has 1 aliphatic rings. The number of aliphatic hydroxyl groups excluding tert-OH is 1. The molecule has 112 valence electrons. The number of hydrogen-bond donors (Lipinski definition) is 1. The van der Waals surface area contributed by atoms with E-state index >= 15 is 0 Å². The summed E-state index contributed by atoms with van der Waals surface area (Å²) in [7, 11) is 1.68. The lowest BCUT2D eigenvalue weighted by Gasteiger charge is -2.38. The zero-order valence-electron chi connectivity index (χ0n) is 12.2. The molecule has 4 nitrogen and oxygen atoms in total. The Morgan fingerprint density at radius 1 is 1.30 bits per heavy atom. The van der Waals surface area contributed by atoms with Gasteiger partial charge in [-0.15, -0.1) is 0 Å². The van der Waals surface area contributed by atoms with Crippen LogP contribution in [-0.4, -0.2) is 61.3 Å². The standard InChI is InChI=1S/C15H23BrN2O2/c1-3-17-6-8-18(9-7-17)14(11-19)13-10-12(16)4-5-15(13)20-2/h4-5,10,14,19H,3,6-9,11H2,1-2H3. The fourth-order valence-corrected chi connectivity index (χ4v) is 3.15. The van der Waals surface area contributed by atoms with Crippen molar-refractivity contribution in [2.75, 3.05) is 46.4 Å². The van der Waals surface area contributed by atoms with Crippen molar-refractivity contribution in [1.29, 1.82) is 0 Å². The number of hydrogen-bond acceptors (Lipinski definition) is 4. The van der Waals surface area contributed by atoms with Gasteiger partial charge in [-0.3, -0.25) is 4.90 Å². The third-order valence-electron chi connectivity index (χ3n) is 4.02. The van der Waals surface area contributed by atoms with E-state index < -0.39 is 0 Å². The Morgan fingerprint density at radius 2 is 2.00 bits per heavy atom. The Balaban J connectivity index is 2.18. The molecule has 0 aliphatic carbocycles. The van der Waals surface area contributed by atoms with Crippen LogP contribution < -0.4 is 4.74 Å². The highest BCUT2D eigenvalue weighted by molar-refractivity contribution is 9.10. The quantitative estimate of drug-likeness (QED) is 0.889. The van der Waals surface area contributed by atoms with Crippen molar-refractivity contribution in [2.45, 2.75) is 13.0 Å². The summed E-state index contributed by atoms with van der Waals surface area (Å²) in [6.07, 6.45) is 0. The molecule has 1 N–H and O–H groups in total. The molecule has 5 heteroatoms. The van der Waals surface area contributed by atoms with E-state index in [1.165, 1.54) is 0 Å². The molecular formula is C15H23BrN2O2. The molecule has 0 saturated carbocycles. The van der Waals surface area contributed by atoms with Crippen molar-refractivity contribution in [3.63, 3.8) is 0 Å². The summed E-state index contributed by atoms with van der Waals surface area (Å²) in [6, 6.07) is 5.96. The molecule has 0 radical (unpaired) electrons. The predicted molar refractivity (Wildman–Crippen MR) is 84.2 cm³/mol. The van der Waals surface area contributed by atoms with Gasteiger partial charge in [-0.2, -0.15) is 0 Å². The van der Waals surface area contributed by atoms with E-state index in [9.17, 15) is 5.11 Å². The molecule has 0 amide bonds. The second-order valence-corrected chi connectivity index (χ2v) is 5.97. The normalized spacial score (nSPS) is 19.0. The number of ether oxygens (including phenoxy) is 1. The maximum atomic E-state index is 9.84. The van der Waals surface area contributed by atoms with Gasteiger partial charge in [0.05, 0.1) is 19.8 Å². The molecule has 1 heterocycles. The Kier molecular flexibility index (Phi) is 5.84. The van der Waals surface area contributed by atoms with Crippen LogP contribution in [-0.2, 0) is 0 Å². The molecule has 1 saturated heterocycles. The number of piperazine rings is 1. The summed E-state index contributed by atoms with van der Waals surface area (Å²) >= 11 is 3.50. The molecule has 0 bridgehead atoms. The topological polar surface area (TPSA) is 35.9 Å².